The van der Waals surface area contributed by atoms with Crippen molar-refractivity contribution < 1.29 is 9.18 Å². The Morgan fingerprint density at radius 2 is 2.36 bits per heavy atom. The van der Waals surface area contributed by atoms with Crippen LogP contribution in [0.5, 0.6) is 0 Å². The van der Waals surface area contributed by atoms with Crippen LogP contribution in [0.15, 0.2) is 24.3 Å². The molecule has 2 nitrogen and oxygen atoms in total. The van der Waals surface area contributed by atoms with Crippen LogP contribution < -0.4 is 5.32 Å². The van der Waals surface area contributed by atoms with Crippen LogP contribution in [0.1, 0.15) is 12.8 Å². The maximum atomic E-state index is 12.7. The summed E-state index contributed by atoms with van der Waals surface area (Å²) in [7, 11) is 0. The maximum absolute atomic E-state index is 12.7. The number of rotatable bonds is 3. The van der Waals surface area contributed by atoms with Crippen LogP contribution >= 0.6 is 0 Å². The predicted octanol–water partition coefficient (Wildman–Crippen LogP) is 2.18. The molecule has 0 aliphatic rings. The number of halogens is 1. The van der Waals surface area contributed by atoms with Crippen LogP contribution in [-0.2, 0) is 4.79 Å². The van der Waals surface area contributed by atoms with Crippen molar-refractivity contribution in [3.63, 3.8) is 0 Å². The lowest BCUT2D eigenvalue weighted by Crippen LogP contribution is -2.10. The molecule has 0 saturated heterocycles. The van der Waals surface area contributed by atoms with Gasteiger partial charge in [0.2, 0.25) is 5.91 Å². The minimum absolute atomic E-state index is 0.200. The first-order valence-corrected chi connectivity index (χ1v) is 4.21. The monoisotopic (exact) mass is 191 g/mol. The summed E-state index contributed by atoms with van der Waals surface area (Å²) in [5, 5.41) is 2.54. The average molecular weight is 191 g/mol. The number of hydrogen-bond donors (Lipinski definition) is 1. The van der Waals surface area contributed by atoms with Crippen LogP contribution in [0, 0.1) is 18.2 Å². The molecular formula is C11H10FNO. The van der Waals surface area contributed by atoms with E-state index in [0.717, 1.165) is 0 Å². The average Bonchev–Trinajstić information content (AvgIpc) is 2.15. The van der Waals surface area contributed by atoms with Crippen molar-refractivity contribution in [2.75, 3.05) is 5.32 Å². The van der Waals surface area contributed by atoms with Gasteiger partial charge in [0.1, 0.15) is 5.82 Å². The second kappa shape index (κ2) is 5.03. The lowest BCUT2D eigenvalue weighted by molar-refractivity contribution is -0.116. The first kappa shape index (κ1) is 10.3. The fraction of sp³-hybridized carbons (Fsp3) is 0.182. The third-order valence-electron chi connectivity index (χ3n) is 1.60. The molecule has 0 saturated carbocycles. The number of nitrogens with one attached hydrogen (secondary N) is 1. The minimum atomic E-state index is -0.375. The molecule has 0 bridgehead atoms. The fourth-order valence-corrected chi connectivity index (χ4v) is 0.975. The van der Waals surface area contributed by atoms with Crippen molar-refractivity contribution in [3.8, 4) is 12.3 Å². The standard InChI is InChI=1S/C11H10FNO/c1-2-3-7-11(14)13-10-6-4-5-9(12)8-10/h1,4-6,8H,3,7H2,(H,13,14). The summed E-state index contributed by atoms with van der Waals surface area (Å²) in [6.07, 6.45) is 5.65. The second-order valence-corrected chi connectivity index (χ2v) is 2.76. The Bertz CT molecular complexity index is 368. The van der Waals surface area contributed by atoms with E-state index in [0.29, 0.717) is 12.1 Å². The van der Waals surface area contributed by atoms with Crippen molar-refractivity contribution >= 4 is 11.6 Å². The quantitative estimate of drug-likeness (QED) is 0.729. The Labute approximate surface area is 82.1 Å². The van der Waals surface area contributed by atoms with Crippen LogP contribution in [0.4, 0.5) is 10.1 Å². The first-order chi connectivity index (χ1) is 6.72. The number of carbonyl (C=O) groups excluding carboxylic acids is 1. The molecular weight excluding hydrogens is 181 g/mol. The van der Waals surface area contributed by atoms with Crippen molar-refractivity contribution in [3.05, 3.63) is 30.1 Å². The van der Waals surface area contributed by atoms with Crippen molar-refractivity contribution in [2.24, 2.45) is 0 Å². The van der Waals surface area contributed by atoms with E-state index in [1.165, 1.54) is 18.2 Å². The third-order valence-corrected chi connectivity index (χ3v) is 1.60. The zero-order valence-corrected chi connectivity index (χ0v) is 7.59. The van der Waals surface area contributed by atoms with Gasteiger partial charge in [-0.05, 0) is 18.2 Å². The van der Waals surface area contributed by atoms with Gasteiger partial charge in [-0.1, -0.05) is 6.07 Å². The Balaban J connectivity index is 2.53. The molecule has 72 valence electrons. The largest absolute Gasteiger partial charge is 0.326 e. The summed E-state index contributed by atoms with van der Waals surface area (Å²) in [5.41, 5.74) is 0.451. The highest BCUT2D eigenvalue weighted by molar-refractivity contribution is 5.90. The lowest BCUT2D eigenvalue weighted by Gasteiger charge is -2.02. The maximum Gasteiger partial charge on any atom is 0.225 e. The summed E-state index contributed by atoms with van der Waals surface area (Å²) in [6.45, 7) is 0. The summed E-state index contributed by atoms with van der Waals surface area (Å²) in [6, 6.07) is 5.73. The molecule has 1 amide bonds. The highest BCUT2D eigenvalue weighted by Gasteiger charge is 2.01. The fourth-order valence-electron chi connectivity index (χ4n) is 0.975. The van der Waals surface area contributed by atoms with E-state index in [4.69, 9.17) is 6.42 Å². The van der Waals surface area contributed by atoms with E-state index in [-0.39, 0.29) is 18.1 Å². The Hall–Kier alpha value is -1.82. The highest BCUT2D eigenvalue weighted by atomic mass is 19.1. The first-order valence-electron chi connectivity index (χ1n) is 4.21. The molecule has 3 heteroatoms. The number of terminal acetylenes is 1. The molecule has 1 N–H and O–H groups in total. The molecule has 0 aromatic heterocycles. The van der Waals surface area contributed by atoms with E-state index in [1.54, 1.807) is 6.07 Å². The van der Waals surface area contributed by atoms with E-state index in [2.05, 4.69) is 11.2 Å². The van der Waals surface area contributed by atoms with Gasteiger partial charge in [0.15, 0.2) is 0 Å². The minimum Gasteiger partial charge on any atom is -0.326 e. The Morgan fingerprint density at radius 3 is 3.00 bits per heavy atom. The number of hydrogen-bond acceptors (Lipinski definition) is 1. The smallest absolute Gasteiger partial charge is 0.225 e. The van der Waals surface area contributed by atoms with Gasteiger partial charge in [-0.25, -0.2) is 4.39 Å². The molecule has 0 radical (unpaired) electrons. The number of benzene rings is 1. The summed E-state index contributed by atoms with van der Waals surface area (Å²) in [4.78, 5) is 11.2. The lowest BCUT2D eigenvalue weighted by atomic mass is 10.2. The van der Waals surface area contributed by atoms with Gasteiger partial charge in [0.25, 0.3) is 0 Å². The molecule has 0 spiro atoms. The van der Waals surface area contributed by atoms with Crippen molar-refractivity contribution in [1.82, 2.24) is 0 Å². The number of amides is 1. The SMILES string of the molecule is C#CCCC(=O)Nc1cccc(F)c1. The molecule has 1 aromatic carbocycles. The molecule has 0 unspecified atom stereocenters. The number of anilines is 1. The van der Waals surface area contributed by atoms with Crippen molar-refractivity contribution in [2.45, 2.75) is 12.8 Å². The molecule has 1 aromatic rings. The summed E-state index contributed by atoms with van der Waals surface area (Å²) in [5.74, 6) is 1.79. The summed E-state index contributed by atoms with van der Waals surface area (Å²) < 4.78 is 12.7. The van der Waals surface area contributed by atoms with Crippen LogP contribution in [0.25, 0.3) is 0 Å². The molecule has 14 heavy (non-hydrogen) atoms. The van der Waals surface area contributed by atoms with E-state index in [1.807, 2.05) is 0 Å². The number of carbonyl (C=O) groups is 1. The van der Waals surface area contributed by atoms with E-state index >= 15 is 0 Å². The van der Waals surface area contributed by atoms with Crippen molar-refractivity contribution in [1.29, 1.82) is 0 Å². The predicted molar refractivity (Wildman–Crippen MR) is 53.1 cm³/mol. The van der Waals surface area contributed by atoms with Gasteiger partial charge >= 0.3 is 0 Å². The van der Waals surface area contributed by atoms with Gasteiger partial charge in [0.05, 0.1) is 0 Å². The second-order valence-electron chi connectivity index (χ2n) is 2.76. The summed E-state index contributed by atoms with van der Waals surface area (Å²) >= 11 is 0. The van der Waals surface area contributed by atoms with Gasteiger partial charge in [-0.2, -0.15) is 0 Å². The zero-order valence-electron chi connectivity index (χ0n) is 7.59. The van der Waals surface area contributed by atoms with Gasteiger partial charge < -0.3 is 5.32 Å². The topological polar surface area (TPSA) is 29.1 Å². The van der Waals surface area contributed by atoms with Gasteiger partial charge in [-0.15, -0.1) is 12.3 Å². The Morgan fingerprint density at radius 1 is 1.57 bits per heavy atom. The molecule has 0 aliphatic heterocycles. The van der Waals surface area contributed by atoms with Crippen LogP contribution in [0.3, 0.4) is 0 Å². The van der Waals surface area contributed by atoms with Gasteiger partial charge in [-0.3, -0.25) is 4.79 Å². The normalized spacial score (nSPS) is 9.14. The zero-order chi connectivity index (χ0) is 10.4. The molecule has 0 aliphatic carbocycles. The molecule has 0 fully saturated rings. The molecule has 0 heterocycles. The molecule has 1 rings (SSSR count). The van der Waals surface area contributed by atoms with E-state index < -0.39 is 0 Å². The van der Waals surface area contributed by atoms with E-state index in [9.17, 15) is 9.18 Å². The van der Waals surface area contributed by atoms with Gasteiger partial charge in [0, 0.05) is 18.5 Å². The Kier molecular flexibility index (Phi) is 3.69. The van der Waals surface area contributed by atoms with Crippen LogP contribution in [-0.4, -0.2) is 5.91 Å². The van der Waals surface area contributed by atoms with Crippen LogP contribution in [0.2, 0.25) is 0 Å². The highest BCUT2D eigenvalue weighted by Crippen LogP contribution is 2.09. The third kappa shape index (κ3) is 3.28. The molecule has 0 atom stereocenters.